The van der Waals surface area contributed by atoms with Gasteiger partial charge in [-0.05, 0) is 29.5 Å². The van der Waals surface area contributed by atoms with Crippen LogP contribution < -0.4 is 5.32 Å². The molecule has 3 atom stereocenters. The summed E-state index contributed by atoms with van der Waals surface area (Å²) in [5, 5.41) is 6.00. The highest BCUT2D eigenvalue weighted by Gasteiger charge is 2.43. The van der Waals surface area contributed by atoms with Crippen LogP contribution in [0.25, 0.3) is 21.2 Å². The third-order valence-corrected chi connectivity index (χ3v) is 6.55. The van der Waals surface area contributed by atoms with Crippen LogP contribution >= 0.6 is 22.9 Å². The number of amides is 1. The predicted octanol–water partition coefficient (Wildman–Crippen LogP) is 4.00. The maximum atomic E-state index is 12.7. The van der Waals surface area contributed by atoms with E-state index in [-0.39, 0.29) is 11.8 Å². The Hall–Kier alpha value is -2.06. The second-order valence-electron chi connectivity index (χ2n) is 7.13. The molecule has 3 aromatic rings. The number of aromatic nitrogens is 2. The Morgan fingerprint density at radius 2 is 2.11 bits per heavy atom. The van der Waals surface area contributed by atoms with E-state index in [1.807, 2.05) is 18.2 Å². The van der Waals surface area contributed by atoms with Gasteiger partial charge in [0.05, 0.1) is 18.1 Å². The molecule has 5 rings (SSSR count). The fraction of sp³-hybridized carbons (Fsp3) is 0.350. The number of thiazole rings is 1. The lowest BCUT2D eigenvalue weighted by Gasteiger charge is -2.26. The lowest BCUT2D eigenvalue weighted by molar-refractivity contribution is -0.126. The zero-order valence-electron chi connectivity index (χ0n) is 14.9. The standard InChI is InChI=1S/C20H18ClN3O3S/c21-17-6-13-5-11(1-2-12(13)7-22-17)16-8-23-20(28-16)24-19(25)18-15-3-4-26-9-14(15)10-27-18/h1-2,5-8,14-15,18H,3-4,9-10H2,(H,23,24,25)/t14-,15-,18+/m0/s1. The van der Waals surface area contributed by atoms with Crippen molar-refractivity contribution in [3.05, 3.63) is 41.8 Å². The maximum Gasteiger partial charge on any atom is 0.255 e. The summed E-state index contributed by atoms with van der Waals surface area (Å²) in [6.45, 7) is 1.95. The number of carbonyl (C=O) groups excluding carboxylic acids is 1. The SMILES string of the molecule is O=C(Nc1ncc(-c2ccc3cnc(Cl)cc3c2)s1)[C@@H]1OC[C@@H]2COCC[C@@H]21. The average Bonchev–Trinajstić information content (AvgIpc) is 3.34. The highest BCUT2D eigenvalue weighted by molar-refractivity contribution is 7.19. The Morgan fingerprint density at radius 1 is 1.18 bits per heavy atom. The lowest BCUT2D eigenvalue weighted by atomic mass is 9.87. The van der Waals surface area contributed by atoms with Gasteiger partial charge in [-0.25, -0.2) is 9.97 Å². The minimum Gasteiger partial charge on any atom is -0.381 e. The molecule has 2 aromatic heterocycles. The zero-order valence-corrected chi connectivity index (χ0v) is 16.5. The molecule has 0 unspecified atom stereocenters. The van der Waals surface area contributed by atoms with E-state index < -0.39 is 6.10 Å². The molecule has 144 valence electrons. The molecular formula is C20H18ClN3O3S. The number of anilines is 1. The molecule has 28 heavy (non-hydrogen) atoms. The number of ether oxygens (including phenoxy) is 2. The summed E-state index contributed by atoms with van der Waals surface area (Å²) in [4.78, 5) is 22.1. The van der Waals surface area contributed by atoms with Crippen LogP contribution in [0.15, 0.2) is 36.7 Å². The van der Waals surface area contributed by atoms with Crippen LogP contribution in [0, 0.1) is 11.8 Å². The second kappa shape index (κ2) is 7.40. The van der Waals surface area contributed by atoms with Gasteiger partial charge in [0.2, 0.25) is 0 Å². The van der Waals surface area contributed by atoms with Gasteiger partial charge in [0, 0.05) is 36.2 Å². The number of hydrogen-bond donors (Lipinski definition) is 1. The number of nitrogens with one attached hydrogen (secondary N) is 1. The molecule has 0 saturated carbocycles. The first-order chi connectivity index (χ1) is 13.7. The molecule has 0 radical (unpaired) electrons. The summed E-state index contributed by atoms with van der Waals surface area (Å²) >= 11 is 7.44. The van der Waals surface area contributed by atoms with Crippen molar-refractivity contribution >= 4 is 44.7 Å². The summed E-state index contributed by atoms with van der Waals surface area (Å²) in [6.07, 6.45) is 3.97. The smallest absolute Gasteiger partial charge is 0.255 e. The van der Waals surface area contributed by atoms with E-state index in [4.69, 9.17) is 21.1 Å². The summed E-state index contributed by atoms with van der Waals surface area (Å²) < 4.78 is 11.2. The number of carbonyl (C=O) groups is 1. The van der Waals surface area contributed by atoms with Crippen LogP contribution in [-0.4, -0.2) is 41.8 Å². The Labute approximate surface area is 170 Å². The van der Waals surface area contributed by atoms with E-state index in [0.29, 0.717) is 36.0 Å². The Morgan fingerprint density at radius 3 is 3.04 bits per heavy atom. The van der Waals surface area contributed by atoms with Crippen molar-refractivity contribution in [3.8, 4) is 10.4 Å². The molecule has 2 aliphatic rings. The van der Waals surface area contributed by atoms with Gasteiger partial charge in [-0.1, -0.05) is 35.1 Å². The van der Waals surface area contributed by atoms with Crippen molar-refractivity contribution in [2.45, 2.75) is 12.5 Å². The van der Waals surface area contributed by atoms with Crippen molar-refractivity contribution < 1.29 is 14.3 Å². The molecular weight excluding hydrogens is 398 g/mol. The Balaban J connectivity index is 1.33. The summed E-state index contributed by atoms with van der Waals surface area (Å²) in [7, 11) is 0. The first-order valence-electron chi connectivity index (χ1n) is 9.19. The third-order valence-electron chi connectivity index (χ3n) is 5.38. The number of nitrogens with zero attached hydrogens (tertiary/aromatic N) is 2. The van der Waals surface area contributed by atoms with E-state index in [1.54, 1.807) is 12.4 Å². The second-order valence-corrected chi connectivity index (χ2v) is 8.55. The fourth-order valence-electron chi connectivity index (χ4n) is 3.91. The average molecular weight is 416 g/mol. The van der Waals surface area contributed by atoms with E-state index >= 15 is 0 Å². The van der Waals surface area contributed by atoms with E-state index in [0.717, 1.165) is 27.6 Å². The number of halogens is 1. The first-order valence-corrected chi connectivity index (χ1v) is 10.4. The van der Waals surface area contributed by atoms with Crippen LogP contribution in [-0.2, 0) is 14.3 Å². The largest absolute Gasteiger partial charge is 0.381 e. The van der Waals surface area contributed by atoms with Gasteiger partial charge >= 0.3 is 0 Å². The van der Waals surface area contributed by atoms with Gasteiger partial charge in [-0.3, -0.25) is 10.1 Å². The minimum absolute atomic E-state index is 0.119. The maximum absolute atomic E-state index is 12.7. The molecule has 1 N–H and O–H groups in total. The Bertz CT molecular complexity index is 1040. The monoisotopic (exact) mass is 415 g/mol. The lowest BCUT2D eigenvalue weighted by Crippen LogP contribution is -2.37. The van der Waals surface area contributed by atoms with E-state index in [1.165, 1.54) is 11.3 Å². The molecule has 0 bridgehead atoms. The number of pyridine rings is 1. The molecule has 1 aromatic carbocycles. The molecule has 0 spiro atoms. The van der Waals surface area contributed by atoms with Crippen molar-refractivity contribution in [2.24, 2.45) is 11.8 Å². The molecule has 2 fully saturated rings. The molecule has 0 aliphatic carbocycles. The zero-order chi connectivity index (χ0) is 19.1. The quantitative estimate of drug-likeness (QED) is 0.654. The van der Waals surface area contributed by atoms with E-state index in [2.05, 4.69) is 21.4 Å². The fourth-order valence-corrected chi connectivity index (χ4v) is 4.90. The van der Waals surface area contributed by atoms with Crippen LogP contribution in [0.3, 0.4) is 0 Å². The normalized spacial score (nSPS) is 24.2. The van der Waals surface area contributed by atoms with Crippen LogP contribution in [0.5, 0.6) is 0 Å². The summed E-state index contributed by atoms with van der Waals surface area (Å²) in [5.74, 6) is 0.425. The Kier molecular flexibility index (Phi) is 4.76. The molecule has 4 heterocycles. The van der Waals surface area contributed by atoms with Crippen molar-refractivity contribution in [1.29, 1.82) is 0 Å². The van der Waals surface area contributed by atoms with Gasteiger partial charge in [0.1, 0.15) is 11.3 Å². The minimum atomic E-state index is -0.420. The van der Waals surface area contributed by atoms with Gasteiger partial charge < -0.3 is 9.47 Å². The van der Waals surface area contributed by atoms with Crippen molar-refractivity contribution in [2.75, 3.05) is 25.1 Å². The number of benzene rings is 1. The van der Waals surface area contributed by atoms with Crippen molar-refractivity contribution in [3.63, 3.8) is 0 Å². The topological polar surface area (TPSA) is 73.3 Å². The highest BCUT2D eigenvalue weighted by Crippen LogP contribution is 2.35. The van der Waals surface area contributed by atoms with Gasteiger partial charge in [-0.15, -0.1) is 0 Å². The van der Waals surface area contributed by atoms with Crippen LogP contribution in [0.1, 0.15) is 6.42 Å². The highest BCUT2D eigenvalue weighted by atomic mass is 35.5. The molecule has 2 saturated heterocycles. The van der Waals surface area contributed by atoms with Gasteiger partial charge in [0.25, 0.3) is 5.91 Å². The number of hydrogen-bond acceptors (Lipinski definition) is 6. The number of fused-ring (bicyclic) bond motifs is 2. The van der Waals surface area contributed by atoms with Gasteiger partial charge in [0.15, 0.2) is 5.13 Å². The van der Waals surface area contributed by atoms with Gasteiger partial charge in [-0.2, -0.15) is 0 Å². The molecule has 1 amide bonds. The predicted molar refractivity (Wildman–Crippen MR) is 109 cm³/mol. The first kappa shape index (κ1) is 18.0. The molecule has 2 aliphatic heterocycles. The van der Waals surface area contributed by atoms with Crippen LogP contribution in [0.4, 0.5) is 5.13 Å². The van der Waals surface area contributed by atoms with Crippen LogP contribution in [0.2, 0.25) is 5.15 Å². The molecule has 8 heteroatoms. The van der Waals surface area contributed by atoms with E-state index in [9.17, 15) is 4.79 Å². The third kappa shape index (κ3) is 3.39. The molecule has 6 nitrogen and oxygen atoms in total. The summed E-state index contributed by atoms with van der Waals surface area (Å²) in [5.41, 5.74) is 1.02. The summed E-state index contributed by atoms with van der Waals surface area (Å²) in [6, 6.07) is 7.91. The van der Waals surface area contributed by atoms with Crippen molar-refractivity contribution in [1.82, 2.24) is 9.97 Å². The number of rotatable bonds is 3.